The number of aromatic nitrogens is 2. The summed E-state index contributed by atoms with van der Waals surface area (Å²) in [5, 5.41) is 0.329. The molecule has 2 aromatic rings. The zero-order valence-electron chi connectivity index (χ0n) is 16.3. The lowest BCUT2D eigenvalue weighted by Gasteiger charge is -2.56. The van der Waals surface area contributed by atoms with E-state index in [0.717, 1.165) is 31.9 Å². The highest BCUT2D eigenvalue weighted by Gasteiger charge is 2.44. The first-order chi connectivity index (χ1) is 13.9. The number of halogens is 4. The van der Waals surface area contributed by atoms with Gasteiger partial charge in [-0.3, -0.25) is 9.80 Å². The van der Waals surface area contributed by atoms with Crippen LogP contribution in [0.3, 0.4) is 0 Å². The number of aromatic amines is 1. The number of rotatable bonds is 5. The van der Waals surface area contributed by atoms with Crippen LogP contribution in [0, 0.1) is 11.7 Å². The number of hydrogen-bond donors (Lipinski definition) is 1. The third-order valence-electron chi connectivity index (χ3n) is 6.98. The molecule has 2 atom stereocenters. The summed E-state index contributed by atoms with van der Waals surface area (Å²) >= 11 is 6.10. The Morgan fingerprint density at radius 2 is 1.90 bits per heavy atom. The summed E-state index contributed by atoms with van der Waals surface area (Å²) in [5.41, 5.74) is 1.25. The zero-order valence-corrected chi connectivity index (χ0v) is 17.1. The number of piperazine rings is 1. The second kappa shape index (κ2) is 7.43. The van der Waals surface area contributed by atoms with Crippen LogP contribution in [0.15, 0.2) is 12.1 Å². The molecule has 1 N–H and O–H groups in total. The minimum absolute atomic E-state index is 0.0592. The molecule has 6 rings (SSSR count). The summed E-state index contributed by atoms with van der Waals surface area (Å²) in [6.45, 7) is 3.70. The van der Waals surface area contributed by atoms with Crippen LogP contribution >= 0.6 is 11.6 Å². The highest BCUT2D eigenvalue weighted by Crippen LogP contribution is 2.39. The molecule has 0 amide bonds. The van der Waals surface area contributed by atoms with Crippen molar-refractivity contribution in [1.29, 1.82) is 0 Å². The van der Waals surface area contributed by atoms with Crippen LogP contribution in [-0.2, 0) is 6.54 Å². The van der Waals surface area contributed by atoms with Gasteiger partial charge in [0.05, 0.1) is 17.1 Å². The summed E-state index contributed by atoms with van der Waals surface area (Å²) in [5.74, 6) is -1.54. The third-order valence-corrected chi connectivity index (χ3v) is 7.27. The van der Waals surface area contributed by atoms with Gasteiger partial charge in [-0.05, 0) is 50.3 Å². The van der Waals surface area contributed by atoms with E-state index in [0.29, 0.717) is 53.4 Å². The minimum atomic E-state index is -2.43. The Morgan fingerprint density at radius 1 is 1.17 bits per heavy atom. The van der Waals surface area contributed by atoms with Gasteiger partial charge in [0.2, 0.25) is 5.92 Å². The molecule has 1 aromatic heterocycles. The van der Waals surface area contributed by atoms with E-state index < -0.39 is 5.92 Å². The van der Waals surface area contributed by atoms with Crippen molar-refractivity contribution in [3.05, 3.63) is 28.8 Å². The van der Waals surface area contributed by atoms with Crippen LogP contribution in [0.1, 0.15) is 44.3 Å². The third kappa shape index (κ3) is 4.01. The number of nitrogens with one attached hydrogen (secondary N) is 1. The normalized spacial score (nSPS) is 28.0. The number of hydrogen-bond acceptors (Lipinski definition) is 3. The number of alkyl halides is 2. The lowest BCUT2D eigenvalue weighted by atomic mass is 9.82. The molecule has 4 nitrogen and oxygen atoms in total. The van der Waals surface area contributed by atoms with Gasteiger partial charge < -0.3 is 4.98 Å². The van der Waals surface area contributed by atoms with E-state index >= 15 is 0 Å². The standard InChI is InChI=1S/C21H26ClF3N4/c22-17-7-14(23)8-18-20(17)27-19(26-18)12-28-10-15-9-16(11-28)29(15)6-3-13-1-4-21(24,25)5-2-13/h7-8,13,15-16H,1-6,9-12H2,(H,26,27). The Balaban J connectivity index is 1.14. The van der Waals surface area contributed by atoms with Crippen molar-refractivity contribution in [2.24, 2.45) is 5.92 Å². The van der Waals surface area contributed by atoms with E-state index in [1.807, 2.05) is 0 Å². The van der Waals surface area contributed by atoms with Gasteiger partial charge in [0.15, 0.2) is 0 Å². The molecule has 158 valence electrons. The molecule has 1 aromatic carbocycles. The summed E-state index contributed by atoms with van der Waals surface area (Å²) in [6, 6.07) is 3.80. The first-order valence-electron chi connectivity index (χ1n) is 10.6. The van der Waals surface area contributed by atoms with Gasteiger partial charge >= 0.3 is 0 Å². The van der Waals surface area contributed by atoms with Crippen LogP contribution < -0.4 is 0 Å². The quantitative estimate of drug-likeness (QED) is 0.743. The second-order valence-corrected chi connectivity index (χ2v) is 9.44. The number of fused-ring (bicyclic) bond motifs is 3. The van der Waals surface area contributed by atoms with Crippen LogP contribution in [0.5, 0.6) is 0 Å². The van der Waals surface area contributed by atoms with E-state index in [-0.39, 0.29) is 18.7 Å². The number of benzene rings is 1. The molecule has 0 radical (unpaired) electrons. The van der Waals surface area contributed by atoms with Crippen LogP contribution in [-0.4, -0.2) is 57.4 Å². The van der Waals surface area contributed by atoms with Gasteiger partial charge in [0.25, 0.3) is 0 Å². The zero-order chi connectivity index (χ0) is 20.2. The van der Waals surface area contributed by atoms with Crippen LogP contribution in [0.4, 0.5) is 13.2 Å². The van der Waals surface area contributed by atoms with E-state index in [2.05, 4.69) is 19.8 Å². The van der Waals surface area contributed by atoms with Gasteiger partial charge in [-0.2, -0.15) is 0 Å². The molecule has 1 saturated carbocycles. The second-order valence-electron chi connectivity index (χ2n) is 9.03. The van der Waals surface area contributed by atoms with Crippen molar-refractivity contribution in [3.63, 3.8) is 0 Å². The maximum absolute atomic E-state index is 13.5. The smallest absolute Gasteiger partial charge is 0.248 e. The number of H-pyrrole nitrogens is 1. The highest BCUT2D eigenvalue weighted by molar-refractivity contribution is 6.34. The monoisotopic (exact) mass is 426 g/mol. The van der Waals surface area contributed by atoms with E-state index in [1.54, 1.807) is 0 Å². The molecule has 4 fully saturated rings. The van der Waals surface area contributed by atoms with Gasteiger partial charge in [-0.15, -0.1) is 0 Å². The summed E-state index contributed by atoms with van der Waals surface area (Å²) in [7, 11) is 0. The van der Waals surface area contributed by atoms with Crippen molar-refractivity contribution in [1.82, 2.24) is 19.8 Å². The summed E-state index contributed by atoms with van der Waals surface area (Å²) in [6.07, 6.45) is 3.70. The van der Waals surface area contributed by atoms with Crippen molar-refractivity contribution >= 4 is 22.6 Å². The molecule has 8 heteroatoms. The van der Waals surface area contributed by atoms with Gasteiger partial charge in [0, 0.05) is 38.0 Å². The molecule has 0 spiro atoms. The molecule has 3 saturated heterocycles. The molecule has 29 heavy (non-hydrogen) atoms. The topological polar surface area (TPSA) is 35.2 Å². The summed E-state index contributed by atoms with van der Waals surface area (Å²) in [4.78, 5) is 12.7. The maximum atomic E-state index is 13.5. The van der Waals surface area contributed by atoms with Crippen LogP contribution in [0.25, 0.3) is 11.0 Å². The molecule has 4 heterocycles. The van der Waals surface area contributed by atoms with E-state index in [9.17, 15) is 13.2 Å². The summed E-state index contributed by atoms with van der Waals surface area (Å²) < 4.78 is 40.2. The predicted molar refractivity (Wildman–Crippen MR) is 107 cm³/mol. The first-order valence-corrected chi connectivity index (χ1v) is 10.9. The molecule has 2 unspecified atom stereocenters. The molecular weight excluding hydrogens is 401 g/mol. The maximum Gasteiger partial charge on any atom is 0.248 e. The average Bonchev–Trinajstić information content (AvgIpc) is 3.05. The number of imidazole rings is 1. The largest absolute Gasteiger partial charge is 0.341 e. The van der Waals surface area contributed by atoms with Crippen molar-refractivity contribution in [3.8, 4) is 0 Å². The fourth-order valence-corrected chi connectivity index (χ4v) is 5.62. The Kier molecular flexibility index (Phi) is 5.03. The SMILES string of the molecule is Fc1cc(Cl)c2nc(CN3CC4CC(C3)N4CCC3CCC(F)(F)CC3)[nH]c2c1. The molecule has 3 aliphatic heterocycles. The van der Waals surface area contributed by atoms with Gasteiger partial charge in [-0.1, -0.05) is 11.6 Å². The van der Waals surface area contributed by atoms with Crippen molar-refractivity contribution in [2.75, 3.05) is 19.6 Å². The van der Waals surface area contributed by atoms with E-state index in [1.165, 1.54) is 18.6 Å². The highest BCUT2D eigenvalue weighted by atomic mass is 35.5. The van der Waals surface area contributed by atoms with E-state index in [4.69, 9.17) is 11.6 Å². The van der Waals surface area contributed by atoms with Crippen molar-refractivity contribution < 1.29 is 13.2 Å². The Labute approximate surface area is 173 Å². The number of nitrogens with zero attached hydrogens (tertiary/aromatic N) is 3. The van der Waals surface area contributed by atoms with Crippen LogP contribution in [0.2, 0.25) is 5.02 Å². The van der Waals surface area contributed by atoms with Gasteiger partial charge in [-0.25, -0.2) is 18.2 Å². The molecule has 1 aliphatic carbocycles. The first kappa shape index (κ1) is 19.6. The minimum Gasteiger partial charge on any atom is -0.341 e. The number of piperidine rings is 1. The average molecular weight is 427 g/mol. The lowest BCUT2D eigenvalue weighted by Crippen LogP contribution is -2.68. The molecule has 4 aliphatic rings. The molecular formula is C21H26ClF3N4. The lowest BCUT2D eigenvalue weighted by molar-refractivity contribution is -0.0799. The molecule has 2 bridgehead atoms. The fourth-order valence-electron chi connectivity index (χ4n) is 5.37. The fraction of sp³-hybridized carbons (Fsp3) is 0.667. The Hall–Kier alpha value is -1.31. The Morgan fingerprint density at radius 3 is 2.62 bits per heavy atom. The van der Waals surface area contributed by atoms with Gasteiger partial charge in [0.1, 0.15) is 17.2 Å². The Bertz CT molecular complexity index is 879. The predicted octanol–water partition coefficient (Wildman–Crippen LogP) is 4.83. The van der Waals surface area contributed by atoms with Crippen molar-refractivity contribution in [2.45, 2.75) is 63.1 Å².